The number of hydrogen-bond acceptors (Lipinski definition) is 2. The van der Waals surface area contributed by atoms with Gasteiger partial charge in [0.25, 0.3) is 0 Å². The van der Waals surface area contributed by atoms with Crippen LogP contribution in [0, 0.1) is 0 Å². The van der Waals surface area contributed by atoms with Gasteiger partial charge in [-0.05, 0) is 131 Å². The van der Waals surface area contributed by atoms with Crippen molar-refractivity contribution in [2.45, 2.75) is 12.8 Å². The molecule has 0 aliphatic heterocycles. The lowest BCUT2D eigenvalue weighted by Gasteiger charge is -2.13. The molecule has 0 saturated carbocycles. The van der Waals surface area contributed by atoms with Gasteiger partial charge in [-0.1, -0.05) is 115 Å². The topological polar surface area (TPSA) is 36.1 Å². The molecule has 4 heteroatoms. The summed E-state index contributed by atoms with van der Waals surface area (Å²) in [4.78, 5) is 0. The van der Waals surface area contributed by atoms with Crippen LogP contribution in [0.1, 0.15) is 17.7 Å². The number of nitrogens with zero attached hydrogens (tertiary/aromatic N) is 2. The zero-order valence-corrected chi connectivity index (χ0v) is 34.8. The van der Waals surface area contributed by atoms with Crippen molar-refractivity contribution >= 4 is 82.6 Å². The Bertz CT molecular complexity index is 4080. The fourth-order valence-electron chi connectivity index (χ4n) is 10.6. The average Bonchev–Trinajstić information content (AvgIpc) is 4.11. The SMILES string of the molecule is C1=Cc2c(oc3ccc(-n4c5ccccc5c5cc(-c6cc(-c7ccccc7)cc(-c7cccc8c7c7ccccc7n8-c7ccc8oc9ccccc9c8c7)c6)ccc54)cc23)CC1. The molecule has 0 N–H and O–H groups in total. The maximum Gasteiger partial charge on any atom is 0.135 e. The van der Waals surface area contributed by atoms with Gasteiger partial charge in [0, 0.05) is 61.1 Å². The summed E-state index contributed by atoms with van der Waals surface area (Å²) in [5.41, 5.74) is 18.0. The van der Waals surface area contributed by atoms with Crippen LogP contribution < -0.4 is 0 Å². The summed E-state index contributed by atoms with van der Waals surface area (Å²) in [6.07, 6.45) is 6.45. The quantitative estimate of drug-likeness (QED) is 0.173. The van der Waals surface area contributed by atoms with E-state index in [1.54, 1.807) is 0 Å². The Morgan fingerprint density at radius 2 is 0.984 bits per heavy atom. The first kappa shape index (κ1) is 35.3. The second kappa shape index (κ2) is 13.6. The highest BCUT2D eigenvalue weighted by atomic mass is 16.3. The minimum atomic E-state index is 0.894. The normalized spacial score (nSPS) is 12.8. The van der Waals surface area contributed by atoms with E-state index in [0.29, 0.717) is 0 Å². The minimum absolute atomic E-state index is 0.894. The van der Waals surface area contributed by atoms with E-state index in [0.717, 1.165) is 63.0 Å². The van der Waals surface area contributed by atoms with Crippen molar-refractivity contribution in [1.29, 1.82) is 0 Å². The number of para-hydroxylation sites is 3. The summed E-state index contributed by atoms with van der Waals surface area (Å²) in [5, 5.41) is 8.31. The summed E-state index contributed by atoms with van der Waals surface area (Å²) in [5.74, 6) is 1.08. The smallest absolute Gasteiger partial charge is 0.135 e. The molecule has 13 aromatic rings. The van der Waals surface area contributed by atoms with Crippen molar-refractivity contribution in [3.05, 3.63) is 212 Å². The van der Waals surface area contributed by atoms with Crippen LogP contribution in [-0.4, -0.2) is 9.13 Å². The molecule has 1 aliphatic rings. The van der Waals surface area contributed by atoms with E-state index in [9.17, 15) is 0 Å². The highest BCUT2D eigenvalue weighted by molar-refractivity contribution is 6.17. The lowest BCUT2D eigenvalue weighted by Crippen LogP contribution is -1.94. The predicted molar refractivity (Wildman–Crippen MR) is 266 cm³/mol. The van der Waals surface area contributed by atoms with Gasteiger partial charge in [-0.2, -0.15) is 0 Å². The van der Waals surface area contributed by atoms with Crippen molar-refractivity contribution in [1.82, 2.24) is 9.13 Å². The van der Waals surface area contributed by atoms with E-state index >= 15 is 0 Å². The molecule has 1 aliphatic carbocycles. The largest absolute Gasteiger partial charge is 0.460 e. The number of benzene rings is 9. The molecule has 0 spiro atoms. The minimum Gasteiger partial charge on any atom is -0.460 e. The fourth-order valence-corrected chi connectivity index (χ4v) is 10.6. The molecule has 9 aromatic carbocycles. The van der Waals surface area contributed by atoms with Crippen molar-refractivity contribution < 1.29 is 8.83 Å². The molecule has 4 nitrogen and oxygen atoms in total. The molecule has 4 heterocycles. The van der Waals surface area contributed by atoms with Crippen molar-refractivity contribution in [2.75, 3.05) is 0 Å². The van der Waals surface area contributed by atoms with E-state index in [1.165, 1.54) is 82.4 Å². The van der Waals surface area contributed by atoms with E-state index < -0.39 is 0 Å². The van der Waals surface area contributed by atoms with Gasteiger partial charge < -0.3 is 18.0 Å². The number of aromatic nitrogens is 2. The number of furan rings is 2. The first-order chi connectivity index (χ1) is 31.7. The maximum atomic E-state index is 6.31. The van der Waals surface area contributed by atoms with Crippen LogP contribution in [0.15, 0.2) is 209 Å². The van der Waals surface area contributed by atoms with Crippen LogP contribution in [0.3, 0.4) is 0 Å². The Morgan fingerprint density at radius 3 is 1.83 bits per heavy atom. The van der Waals surface area contributed by atoms with Crippen LogP contribution in [0.25, 0.3) is 127 Å². The molecule has 64 heavy (non-hydrogen) atoms. The average molecular weight is 819 g/mol. The van der Waals surface area contributed by atoms with E-state index in [2.05, 4.69) is 203 Å². The van der Waals surface area contributed by atoms with Crippen molar-refractivity contribution in [2.24, 2.45) is 0 Å². The molecule has 300 valence electrons. The zero-order chi connectivity index (χ0) is 41.9. The number of hydrogen-bond donors (Lipinski definition) is 0. The van der Waals surface area contributed by atoms with Crippen LogP contribution >= 0.6 is 0 Å². The van der Waals surface area contributed by atoms with Crippen LogP contribution in [-0.2, 0) is 6.42 Å². The summed E-state index contributed by atoms with van der Waals surface area (Å²) in [7, 11) is 0. The Hall–Kier alpha value is -8.34. The van der Waals surface area contributed by atoms with Crippen molar-refractivity contribution in [3.8, 4) is 44.8 Å². The maximum absolute atomic E-state index is 6.31. The lowest BCUT2D eigenvalue weighted by atomic mass is 9.91. The van der Waals surface area contributed by atoms with Gasteiger partial charge in [0.2, 0.25) is 0 Å². The van der Waals surface area contributed by atoms with Gasteiger partial charge in [-0.15, -0.1) is 0 Å². The number of fused-ring (bicyclic) bond motifs is 12. The van der Waals surface area contributed by atoms with Crippen LogP contribution in [0.5, 0.6) is 0 Å². The van der Waals surface area contributed by atoms with E-state index in [1.807, 2.05) is 12.1 Å². The molecule has 0 fully saturated rings. The van der Waals surface area contributed by atoms with Gasteiger partial charge in [0.1, 0.15) is 22.5 Å². The molecule has 0 unspecified atom stereocenters. The summed E-state index contributed by atoms with van der Waals surface area (Å²) < 4.78 is 17.4. The number of rotatable bonds is 5. The second-order valence-corrected chi connectivity index (χ2v) is 17.1. The first-order valence-electron chi connectivity index (χ1n) is 22.1. The zero-order valence-electron chi connectivity index (χ0n) is 34.8. The second-order valence-electron chi connectivity index (χ2n) is 17.1. The standard InChI is InChI=1S/C60H38N2O2/c1-2-13-37(14-3-1)39-31-40(38-25-28-54-49(34-38)45-15-4-8-20-52(45)61(54)42-26-29-58-50(35-42)46-16-6-10-23-56(46)63-58)33-41(32-39)44-19-12-22-55-60(44)48-18-5-9-21-53(48)62(55)43-27-30-59-51(36-43)47-17-7-11-24-57(47)64-59/h1-9,11-22,24-36H,10,23H2. The lowest BCUT2D eigenvalue weighted by molar-refractivity contribution is 0.546. The van der Waals surface area contributed by atoms with Crippen LogP contribution in [0.4, 0.5) is 0 Å². The summed E-state index contributed by atoms with van der Waals surface area (Å²) in [6, 6.07) is 70.8. The monoisotopic (exact) mass is 818 g/mol. The fraction of sp³-hybridized carbons (Fsp3) is 0.0333. The van der Waals surface area contributed by atoms with Gasteiger partial charge in [0.15, 0.2) is 0 Å². The van der Waals surface area contributed by atoms with Gasteiger partial charge in [-0.25, -0.2) is 0 Å². The van der Waals surface area contributed by atoms with E-state index in [4.69, 9.17) is 8.83 Å². The molecule has 0 bridgehead atoms. The molecule has 14 rings (SSSR count). The molecular formula is C60H38N2O2. The molecule has 0 atom stereocenters. The summed E-state index contributed by atoms with van der Waals surface area (Å²) in [6.45, 7) is 0. The Kier molecular flexibility index (Phi) is 7.48. The molecule has 0 radical (unpaired) electrons. The van der Waals surface area contributed by atoms with Crippen molar-refractivity contribution in [3.63, 3.8) is 0 Å². The van der Waals surface area contributed by atoms with Crippen LogP contribution in [0.2, 0.25) is 0 Å². The summed E-state index contributed by atoms with van der Waals surface area (Å²) >= 11 is 0. The van der Waals surface area contributed by atoms with Gasteiger partial charge in [0.05, 0.1) is 22.1 Å². The molecule has 4 aromatic heterocycles. The first-order valence-corrected chi connectivity index (χ1v) is 22.1. The third kappa shape index (κ3) is 5.23. The third-order valence-corrected chi connectivity index (χ3v) is 13.5. The highest BCUT2D eigenvalue weighted by Crippen LogP contribution is 2.43. The highest BCUT2D eigenvalue weighted by Gasteiger charge is 2.21. The number of aryl methyl sites for hydroxylation is 1. The van der Waals surface area contributed by atoms with Gasteiger partial charge in [-0.3, -0.25) is 0 Å². The number of allylic oxidation sites excluding steroid dienone is 1. The third-order valence-electron chi connectivity index (χ3n) is 13.5. The Labute approximate surface area is 368 Å². The van der Waals surface area contributed by atoms with Gasteiger partial charge >= 0.3 is 0 Å². The Morgan fingerprint density at radius 1 is 0.359 bits per heavy atom. The molecule has 0 saturated heterocycles. The van der Waals surface area contributed by atoms with E-state index in [-0.39, 0.29) is 0 Å². The molecular weight excluding hydrogens is 781 g/mol. The predicted octanol–water partition coefficient (Wildman–Crippen LogP) is 16.5. The molecule has 0 amide bonds. The Balaban J connectivity index is 0.968.